The van der Waals surface area contributed by atoms with Gasteiger partial charge in [0.2, 0.25) is 0 Å². The Morgan fingerprint density at radius 3 is 2.60 bits per heavy atom. The summed E-state index contributed by atoms with van der Waals surface area (Å²) in [7, 11) is 0. The lowest BCUT2D eigenvalue weighted by molar-refractivity contribution is 0.0479. The van der Waals surface area contributed by atoms with Crippen LogP contribution < -0.4 is 0 Å². The SMILES string of the molecule is Cc1ccc(C(=O)OCC(=O)c2ccc3c(c2)-c2ccccc2C3)s1. The number of hydrogen-bond acceptors (Lipinski definition) is 4. The van der Waals surface area contributed by atoms with Crippen molar-refractivity contribution in [1.29, 1.82) is 0 Å². The molecule has 0 N–H and O–H groups in total. The minimum Gasteiger partial charge on any atom is -0.453 e. The highest BCUT2D eigenvalue weighted by Crippen LogP contribution is 2.36. The Balaban J connectivity index is 1.50. The second kappa shape index (κ2) is 6.30. The molecule has 2 aromatic carbocycles. The van der Waals surface area contributed by atoms with Gasteiger partial charge >= 0.3 is 5.97 Å². The van der Waals surface area contributed by atoms with Crippen LogP contribution in [0.1, 0.15) is 36.0 Å². The summed E-state index contributed by atoms with van der Waals surface area (Å²) in [4.78, 5) is 26.0. The Morgan fingerprint density at radius 2 is 1.80 bits per heavy atom. The van der Waals surface area contributed by atoms with Gasteiger partial charge in [-0.1, -0.05) is 36.4 Å². The molecule has 0 amide bonds. The summed E-state index contributed by atoms with van der Waals surface area (Å²) < 4.78 is 5.17. The van der Waals surface area contributed by atoms with Gasteiger partial charge in [-0.15, -0.1) is 11.3 Å². The summed E-state index contributed by atoms with van der Waals surface area (Å²) >= 11 is 1.37. The number of Topliss-reactive ketones (excluding diaryl/α,β-unsaturated/α-hetero) is 1. The van der Waals surface area contributed by atoms with E-state index < -0.39 is 5.97 Å². The third-order valence-corrected chi connectivity index (χ3v) is 5.38. The van der Waals surface area contributed by atoms with Crippen LogP contribution >= 0.6 is 11.3 Å². The molecule has 0 unspecified atom stereocenters. The van der Waals surface area contributed by atoms with E-state index in [-0.39, 0.29) is 12.4 Å². The van der Waals surface area contributed by atoms with Crippen molar-refractivity contribution >= 4 is 23.1 Å². The molecule has 0 spiro atoms. The molecule has 0 radical (unpaired) electrons. The number of rotatable bonds is 4. The van der Waals surface area contributed by atoms with Crippen LogP contribution in [0.2, 0.25) is 0 Å². The van der Waals surface area contributed by atoms with E-state index in [1.165, 1.54) is 28.0 Å². The molecule has 1 heterocycles. The summed E-state index contributed by atoms with van der Waals surface area (Å²) in [6.07, 6.45) is 0.896. The van der Waals surface area contributed by atoms with E-state index in [0.29, 0.717) is 10.4 Å². The summed E-state index contributed by atoms with van der Waals surface area (Å²) in [5, 5.41) is 0. The fourth-order valence-electron chi connectivity index (χ4n) is 3.13. The van der Waals surface area contributed by atoms with Crippen molar-refractivity contribution in [3.8, 4) is 11.1 Å². The van der Waals surface area contributed by atoms with E-state index >= 15 is 0 Å². The van der Waals surface area contributed by atoms with Crippen molar-refractivity contribution < 1.29 is 14.3 Å². The third kappa shape index (κ3) is 3.01. The number of fused-ring (bicyclic) bond motifs is 3. The van der Waals surface area contributed by atoms with Crippen molar-refractivity contribution in [2.24, 2.45) is 0 Å². The van der Waals surface area contributed by atoms with Crippen LogP contribution in [0.5, 0.6) is 0 Å². The first-order valence-electron chi connectivity index (χ1n) is 8.10. The molecule has 3 nitrogen and oxygen atoms in total. The highest BCUT2D eigenvalue weighted by molar-refractivity contribution is 7.13. The Kier molecular flexibility index (Phi) is 3.98. The van der Waals surface area contributed by atoms with Crippen LogP contribution in [0.25, 0.3) is 11.1 Å². The highest BCUT2D eigenvalue weighted by atomic mass is 32.1. The molecule has 0 saturated carbocycles. The summed E-state index contributed by atoms with van der Waals surface area (Å²) in [6.45, 7) is 1.69. The van der Waals surface area contributed by atoms with Gasteiger partial charge in [-0.2, -0.15) is 0 Å². The van der Waals surface area contributed by atoms with E-state index in [4.69, 9.17) is 4.74 Å². The van der Waals surface area contributed by atoms with Crippen LogP contribution in [0, 0.1) is 6.92 Å². The molecule has 0 saturated heterocycles. The molecule has 4 rings (SSSR count). The number of aryl methyl sites for hydroxylation is 1. The van der Waals surface area contributed by atoms with Crippen LogP contribution in [0.3, 0.4) is 0 Å². The Labute approximate surface area is 149 Å². The quantitative estimate of drug-likeness (QED) is 0.398. The maximum atomic E-state index is 12.4. The van der Waals surface area contributed by atoms with Crippen molar-refractivity contribution in [3.63, 3.8) is 0 Å². The molecule has 1 aromatic heterocycles. The lowest BCUT2D eigenvalue weighted by Gasteiger charge is -2.06. The van der Waals surface area contributed by atoms with Crippen molar-refractivity contribution in [1.82, 2.24) is 0 Å². The third-order valence-electron chi connectivity index (χ3n) is 4.40. The fraction of sp³-hybridized carbons (Fsp3) is 0.143. The molecule has 0 aliphatic heterocycles. The number of thiophene rings is 1. The fourth-order valence-corrected chi connectivity index (χ4v) is 3.89. The number of carbonyl (C=O) groups excluding carboxylic acids is 2. The van der Waals surface area contributed by atoms with Gasteiger partial charge in [-0.25, -0.2) is 4.79 Å². The first-order valence-corrected chi connectivity index (χ1v) is 8.91. The minimum atomic E-state index is -0.446. The van der Waals surface area contributed by atoms with E-state index in [1.807, 2.05) is 43.3 Å². The number of esters is 1. The normalized spacial score (nSPS) is 11.7. The highest BCUT2D eigenvalue weighted by Gasteiger charge is 2.20. The molecule has 0 fully saturated rings. The zero-order chi connectivity index (χ0) is 17.4. The largest absolute Gasteiger partial charge is 0.453 e. The lowest BCUT2D eigenvalue weighted by Crippen LogP contribution is -2.13. The van der Waals surface area contributed by atoms with Crippen LogP contribution in [0.4, 0.5) is 0 Å². The number of ether oxygens (including phenoxy) is 1. The smallest absolute Gasteiger partial charge is 0.348 e. The van der Waals surface area contributed by atoms with Crippen LogP contribution in [0.15, 0.2) is 54.6 Å². The molecule has 0 bridgehead atoms. The van der Waals surface area contributed by atoms with Crippen molar-refractivity contribution in [2.45, 2.75) is 13.3 Å². The van der Waals surface area contributed by atoms with Crippen molar-refractivity contribution in [2.75, 3.05) is 6.61 Å². The molecule has 1 aliphatic carbocycles. The van der Waals surface area contributed by atoms with Gasteiger partial charge in [0, 0.05) is 10.4 Å². The molecule has 3 aromatic rings. The summed E-state index contributed by atoms with van der Waals surface area (Å²) in [5.41, 5.74) is 5.36. The second-order valence-corrected chi connectivity index (χ2v) is 7.40. The van der Waals surface area contributed by atoms with Crippen molar-refractivity contribution in [3.05, 3.63) is 81.0 Å². The maximum absolute atomic E-state index is 12.4. The summed E-state index contributed by atoms with van der Waals surface area (Å²) in [5.74, 6) is -0.633. The molecule has 124 valence electrons. The predicted molar refractivity (Wildman–Crippen MR) is 98.4 cm³/mol. The van der Waals surface area contributed by atoms with E-state index in [1.54, 1.807) is 6.07 Å². The molecule has 4 heteroatoms. The zero-order valence-electron chi connectivity index (χ0n) is 13.7. The standard InChI is InChI=1S/C21H16O3S/c1-13-6-9-20(25-13)21(23)24-12-19(22)16-8-7-15-10-14-4-2-3-5-17(14)18(15)11-16/h2-9,11H,10,12H2,1H3. The van der Waals surface area contributed by atoms with Gasteiger partial charge in [0.15, 0.2) is 12.4 Å². The van der Waals surface area contributed by atoms with Gasteiger partial charge in [0.1, 0.15) is 4.88 Å². The Morgan fingerprint density at radius 1 is 1.00 bits per heavy atom. The maximum Gasteiger partial charge on any atom is 0.348 e. The van der Waals surface area contributed by atoms with Gasteiger partial charge in [0.05, 0.1) is 0 Å². The summed E-state index contributed by atoms with van der Waals surface area (Å²) in [6, 6.07) is 17.5. The van der Waals surface area contributed by atoms with Crippen LogP contribution in [-0.2, 0) is 11.2 Å². The van der Waals surface area contributed by atoms with E-state index in [0.717, 1.165) is 16.9 Å². The monoisotopic (exact) mass is 348 g/mol. The minimum absolute atomic E-state index is 0.186. The lowest BCUT2D eigenvalue weighted by atomic mass is 10.0. The molecule has 0 atom stereocenters. The zero-order valence-corrected chi connectivity index (χ0v) is 14.6. The number of benzene rings is 2. The second-order valence-electron chi connectivity index (χ2n) is 6.12. The topological polar surface area (TPSA) is 43.4 Å². The van der Waals surface area contributed by atoms with Gasteiger partial charge in [-0.05, 0) is 53.8 Å². The molecular weight excluding hydrogens is 332 g/mol. The van der Waals surface area contributed by atoms with Crippen LogP contribution in [-0.4, -0.2) is 18.4 Å². The molecular formula is C21H16O3S. The number of carbonyl (C=O) groups is 2. The first-order chi connectivity index (χ1) is 12.1. The van der Waals surface area contributed by atoms with Gasteiger partial charge < -0.3 is 4.74 Å². The Hall–Kier alpha value is -2.72. The number of hydrogen-bond donors (Lipinski definition) is 0. The van der Waals surface area contributed by atoms with E-state index in [9.17, 15) is 9.59 Å². The predicted octanol–water partition coefficient (Wildman–Crippen LogP) is 4.67. The van der Waals surface area contributed by atoms with E-state index in [2.05, 4.69) is 12.1 Å². The molecule has 1 aliphatic rings. The van der Waals surface area contributed by atoms with Gasteiger partial charge in [0.25, 0.3) is 0 Å². The first kappa shape index (κ1) is 15.8. The van der Waals surface area contributed by atoms with Gasteiger partial charge in [-0.3, -0.25) is 4.79 Å². The number of ketones is 1. The molecule has 25 heavy (non-hydrogen) atoms. The average Bonchev–Trinajstić information content (AvgIpc) is 3.22. The Bertz CT molecular complexity index is 984. The average molecular weight is 348 g/mol.